The molecule has 4 rings (SSSR count). The van der Waals surface area contributed by atoms with Crippen LogP contribution in [-0.4, -0.2) is 39.9 Å². The molecule has 8 heteroatoms. The van der Waals surface area contributed by atoms with Gasteiger partial charge in [-0.3, -0.25) is 9.59 Å². The molecule has 0 aromatic heterocycles. The molecule has 1 saturated heterocycles. The number of halogens is 1. The van der Waals surface area contributed by atoms with Crippen molar-refractivity contribution in [2.45, 2.75) is 12.6 Å². The Morgan fingerprint density at radius 2 is 1.68 bits per heavy atom. The molecule has 1 heterocycles. The molecule has 0 spiro atoms. The van der Waals surface area contributed by atoms with Crippen LogP contribution in [0.5, 0.6) is 5.75 Å². The highest BCUT2D eigenvalue weighted by Crippen LogP contribution is 2.41. The Kier molecular flexibility index (Phi) is 6.38. The number of likely N-dealkylation sites (tertiary alicyclic amines) is 1. The smallest absolute Gasteiger partial charge is 0.335 e. The number of hydrogen-bond acceptors (Lipinski definition) is 5. The summed E-state index contributed by atoms with van der Waals surface area (Å²) in [7, 11) is 1.46. The van der Waals surface area contributed by atoms with Crippen molar-refractivity contribution in [3.63, 3.8) is 0 Å². The van der Waals surface area contributed by atoms with Gasteiger partial charge in [-0.1, -0.05) is 54.1 Å². The van der Waals surface area contributed by atoms with Crippen LogP contribution in [0, 0.1) is 0 Å². The standard InChI is InChI=1S/C26H20ClNO6/c1-34-18-11-12-20(27)19(13-18)23(29)21-22(16-5-3-2-4-6-16)28(25(31)24(21)30)14-15-7-9-17(10-8-15)26(32)33/h2-13,22,29H,14H2,1H3,(H,32,33)/b23-21+. The number of aliphatic hydroxyl groups excluding tert-OH is 1. The zero-order chi connectivity index (χ0) is 24.4. The average molecular weight is 478 g/mol. The summed E-state index contributed by atoms with van der Waals surface area (Å²) in [6, 6.07) is 18.7. The van der Waals surface area contributed by atoms with E-state index in [1.807, 2.05) is 0 Å². The summed E-state index contributed by atoms with van der Waals surface area (Å²) in [4.78, 5) is 38.8. The summed E-state index contributed by atoms with van der Waals surface area (Å²) in [6.45, 7) is 0.0344. The van der Waals surface area contributed by atoms with Gasteiger partial charge in [0.05, 0.1) is 29.3 Å². The van der Waals surface area contributed by atoms with Gasteiger partial charge in [0.25, 0.3) is 11.7 Å². The first kappa shape index (κ1) is 23.1. The zero-order valence-electron chi connectivity index (χ0n) is 18.1. The van der Waals surface area contributed by atoms with Gasteiger partial charge < -0.3 is 19.8 Å². The maximum atomic E-state index is 13.2. The summed E-state index contributed by atoms with van der Waals surface area (Å²) in [5, 5.41) is 20.5. The van der Waals surface area contributed by atoms with Crippen LogP contribution in [0.25, 0.3) is 5.76 Å². The van der Waals surface area contributed by atoms with Gasteiger partial charge in [-0.2, -0.15) is 0 Å². The van der Waals surface area contributed by atoms with Gasteiger partial charge in [-0.25, -0.2) is 4.79 Å². The third kappa shape index (κ3) is 4.25. The van der Waals surface area contributed by atoms with Crippen molar-refractivity contribution in [2.24, 2.45) is 0 Å². The number of carbonyl (C=O) groups excluding carboxylic acids is 2. The molecule has 172 valence electrons. The maximum Gasteiger partial charge on any atom is 0.335 e. The van der Waals surface area contributed by atoms with E-state index >= 15 is 0 Å². The van der Waals surface area contributed by atoms with E-state index in [4.69, 9.17) is 21.4 Å². The van der Waals surface area contributed by atoms with E-state index in [1.54, 1.807) is 48.5 Å². The van der Waals surface area contributed by atoms with Crippen LogP contribution in [0.4, 0.5) is 0 Å². The van der Waals surface area contributed by atoms with Crippen molar-refractivity contribution in [3.05, 3.63) is 106 Å². The predicted octanol–water partition coefficient (Wildman–Crippen LogP) is 4.67. The third-order valence-electron chi connectivity index (χ3n) is 5.64. The van der Waals surface area contributed by atoms with E-state index in [-0.39, 0.29) is 28.3 Å². The van der Waals surface area contributed by atoms with Crippen LogP contribution in [0.1, 0.15) is 33.1 Å². The van der Waals surface area contributed by atoms with Gasteiger partial charge in [-0.05, 0) is 41.5 Å². The van der Waals surface area contributed by atoms with Crippen molar-refractivity contribution in [3.8, 4) is 5.75 Å². The number of ketones is 1. The van der Waals surface area contributed by atoms with Crippen molar-refractivity contribution >= 4 is 35.0 Å². The number of aromatic carboxylic acids is 1. The summed E-state index contributed by atoms with van der Waals surface area (Å²) >= 11 is 6.30. The fourth-order valence-corrected chi connectivity index (χ4v) is 4.14. The van der Waals surface area contributed by atoms with Crippen LogP contribution < -0.4 is 4.74 Å². The first-order chi connectivity index (χ1) is 16.3. The summed E-state index contributed by atoms with van der Waals surface area (Å²) in [6.07, 6.45) is 0. The number of carbonyl (C=O) groups is 3. The molecular weight excluding hydrogens is 458 g/mol. The van der Waals surface area contributed by atoms with Crippen LogP contribution in [0.15, 0.2) is 78.4 Å². The molecule has 1 amide bonds. The quantitative estimate of drug-likeness (QED) is 0.304. The highest BCUT2D eigenvalue weighted by molar-refractivity contribution is 6.47. The Morgan fingerprint density at radius 1 is 1.00 bits per heavy atom. The second kappa shape index (κ2) is 9.41. The number of nitrogens with zero attached hydrogens (tertiary/aromatic N) is 1. The van der Waals surface area contributed by atoms with E-state index in [2.05, 4.69) is 0 Å². The third-order valence-corrected chi connectivity index (χ3v) is 5.97. The molecule has 0 saturated carbocycles. The number of Topliss-reactive ketones (excluding diaryl/α,β-unsaturated/α-hetero) is 1. The minimum atomic E-state index is -1.06. The number of ether oxygens (including phenoxy) is 1. The molecule has 0 aliphatic carbocycles. The van der Waals surface area contributed by atoms with Gasteiger partial charge >= 0.3 is 5.97 Å². The number of rotatable bonds is 6. The molecule has 0 bridgehead atoms. The Morgan fingerprint density at radius 3 is 2.29 bits per heavy atom. The Hall–Kier alpha value is -4.10. The monoisotopic (exact) mass is 477 g/mol. The summed E-state index contributed by atoms with van der Waals surface area (Å²) < 4.78 is 5.21. The molecule has 7 nitrogen and oxygen atoms in total. The second-order valence-electron chi connectivity index (χ2n) is 7.69. The van der Waals surface area contributed by atoms with Crippen LogP contribution in [0.3, 0.4) is 0 Å². The molecule has 2 N–H and O–H groups in total. The highest BCUT2D eigenvalue weighted by atomic mass is 35.5. The van der Waals surface area contributed by atoms with Crippen molar-refractivity contribution in [1.82, 2.24) is 4.90 Å². The van der Waals surface area contributed by atoms with Gasteiger partial charge in [-0.15, -0.1) is 0 Å². The van der Waals surface area contributed by atoms with E-state index < -0.39 is 29.5 Å². The first-order valence-electron chi connectivity index (χ1n) is 10.3. The number of amides is 1. The predicted molar refractivity (Wildman–Crippen MR) is 126 cm³/mol. The van der Waals surface area contributed by atoms with Gasteiger partial charge in [0.1, 0.15) is 11.5 Å². The van der Waals surface area contributed by atoms with E-state index in [0.29, 0.717) is 16.9 Å². The lowest BCUT2D eigenvalue weighted by atomic mass is 9.95. The SMILES string of the molecule is COc1ccc(Cl)c(/C(O)=C2\C(=O)C(=O)N(Cc3ccc(C(=O)O)cc3)C2c2ccccc2)c1. The van der Waals surface area contributed by atoms with E-state index in [1.165, 1.54) is 36.3 Å². The van der Waals surface area contributed by atoms with Crippen LogP contribution in [-0.2, 0) is 16.1 Å². The normalized spacial score (nSPS) is 17.1. The first-order valence-corrected chi connectivity index (χ1v) is 10.7. The fourth-order valence-electron chi connectivity index (χ4n) is 3.93. The Labute approximate surface area is 200 Å². The number of carboxylic acids is 1. The molecular formula is C26H20ClNO6. The molecule has 1 aliphatic rings. The molecule has 1 unspecified atom stereocenters. The molecule has 1 atom stereocenters. The highest BCUT2D eigenvalue weighted by Gasteiger charge is 2.46. The summed E-state index contributed by atoms with van der Waals surface area (Å²) in [5.74, 6) is -2.66. The Bertz CT molecular complexity index is 1300. The lowest BCUT2D eigenvalue weighted by molar-refractivity contribution is -0.140. The molecule has 1 aliphatic heterocycles. The van der Waals surface area contributed by atoms with Gasteiger partial charge in [0, 0.05) is 12.1 Å². The minimum absolute atomic E-state index is 0.0344. The topological polar surface area (TPSA) is 104 Å². The molecule has 3 aromatic carbocycles. The maximum absolute atomic E-state index is 13.2. The Balaban J connectivity index is 1.84. The molecule has 0 radical (unpaired) electrons. The van der Waals surface area contributed by atoms with Crippen molar-refractivity contribution < 1.29 is 29.3 Å². The van der Waals surface area contributed by atoms with Gasteiger partial charge in [0.2, 0.25) is 0 Å². The fraction of sp³-hybridized carbons (Fsp3) is 0.115. The molecule has 34 heavy (non-hydrogen) atoms. The number of methoxy groups -OCH3 is 1. The summed E-state index contributed by atoms with van der Waals surface area (Å²) in [5.41, 5.74) is 1.45. The number of carboxylic acid groups (broad SMARTS) is 1. The lowest BCUT2D eigenvalue weighted by Gasteiger charge is -2.25. The van der Waals surface area contributed by atoms with Crippen LogP contribution in [0.2, 0.25) is 5.02 Å². The van der Waals surface area contributed by atoms with Gasteiger partial charge in [0.15, 0.2) is 0 Å². The van der Waals surface area contributed by atoms with Crippen molar-refractivity contribution in [2.75, 3.05) is 7.11 Å². The van der Waals surface area contributed by atoms with E-state index in [9.17, 15) is 19.5 Å². The second-order valence-corrected chi connectivity index (χ2v) is 8.09. The van der Waals surface area contributed by atoms with Crippen LogP contribution >= 0.6 is 11.6 Å². The zero-order valence-corrected chi connectivity index (χ0v) is 18.8. The van der Waals surface area contributed by atoms with Crippen molar-refractivity contribution in [1.29, 1.82) is 0 Å². The number of aliphatic hydroxyl groups is 1. The molecule has 3 aromatic rings. The number of hydrogen-bond donors (Lipinski definition) is 2. The molecule has 1 fully saturated rings. The lowest BCUT2D eigenvalue weighted by Crippen LogP contribution is -2.29. The van der Waals surface area contributed by atoms with E-state index in [0.717, 1.165) is 0 Å². The minimum Gasteiger partial charge on any atom is -0.507 e. The average Bonchev–Trinajstić information content (AvgIpc) is 3.09. The largest absolute Gasteiger partial charge is 0.507 e. The number of benzene rings is 3.